The molecule has 0 radical (unpaired) electrons. The largest absolute Gasteiger partial charge is 0.496 e. The molecule has 8 nitrogen and oxygen atoms in total. The Balaban J connectivity index is 1.74. The van der Waals surface area contributed by atoms with Gasteiger partial charge in [0.25, 0.3) is 0 Å². The summed E-state index contributed by atoms with van der Waals surface area (Å²) in [5.74, 6) is 1.96. The lowest BCUT2D eigenvalue weighted by molar-refractivity contribution is 0.416. The van der Waals surface area contributed by atoms with Crippen LogP contribution in [0.4, 0.5) is 0 Å². The maximum atomic E-state index is 5.53. The quantitative estimate of drug-likeness (QED) is 0.416. The minimum absolute atomic E-state index is 0.466. The zero-order chi connectivity index (χ0) is 22.4. The van der Waals surface area contributed by atoms with E-state index in [-0.39, 0.29) is 0 Å². The predicted molar refractivity (Wildman–Crippen MR) is 124 cm³/mol. The Morgan fingerprint density at radius 3 is 2.72 bits per heavy atom. The van der Waals surface area contributed by atoms with Crippen LogP contribution < -0.4 is 4.74 Å². The van der Waals surface area contributed by atoms with Crippen molar-refractivity contribution in [2.45, 2.75) is 27.2 Å². The Bertz CT molecular complexity index is 1450. The molecule has 162 valence electrons. The molecule has 0 aliphatic carbocycles. The lowest BCUT2D eigenvalue weighted by atomic mass is 10.1. The van der Waals surface area contributed by atoms with Crippen molar-refractivity contribution in [3.05, 3.63) is 54.5 Å². The molecule has 32 heavy (non-hydrogen) atoms. The number of aromatic nitrogens is 7. The second-order valence-corrected chi connectivity index (χ2v) is 8.41. The van der Waals surface area contributed by atoms with Gasteiger partial charge in [0.2, 0.25) is 0 Å². The molecule has 0 aliphatic rings. The van der Waals surface area contributed by atoms with E-state index in [0.717, 1.165) is 62.6 Å². The first-order valence-electron chi connectivity index (χ1n) is 10.6. The van der Waals surface area contributed by atoms with Gasteiger partial charge in [0.1, 0.15) is 11.3 Å². The van der Waals surface area contributed by atoms with Gasteiger partial charge in [-0.05, 0) is 31.4 Å². The smallest absolute Gasteiger partial charge is 0.156 e. The van der Waals surface area contributed by atoms with Crippen molar-refractivity contribution in [2.24, 2.45) is 13.0 Å². The van der Waals surface area contributed by atoms with Crippen LogP contribution in [0, 0.1) is 12.8 Å². The Morgan fingerprint density at radius 1 is 1.09 bits per heavy atom. The van der Waals surface area contributed by atoms with E-state index in [2.05, 4.69) is 28.9 Å². The third kappa shape index (κ3) is 3.28. The summed E-state index contributed by atoms with van der Waals surface area (Å²) in [5, 5.41) is 5.66. The number of hydrogen-bond donors (Lipinski definition) is 0. The topological polar surface area (TPSA) is 83.5 Å². The number of nitrogens with zero attached hydrogens (tertiary/aromatic N) is 7. The van der Waals surface area contributed by atoms with Crippen LogP contribution in [0.3, 0.4) is 0 Å². The van der Waals surface area contributed by atoms with Crippen molar-refractivity contribution in [1.29, 1.82) is 0 Å². The normalized spacial score (nSPS) is 11.7. The molecule has 0 saturated carbocycles. The minimum Gasteiger partial charge on any atom is -0.496 e. The average molecular weight is 428 g/mol. The summed E-state index contributed by atoms with van der Waals surface area (Å²) >= 11 is 0. The first-order valence-corrected chi connectivity index (χ1v) is 10.6. The van der Waals surface area contributed by atoms with Gasteiger partial charge < -0.3 is 9.30 Å². The van der Waals surface area contributed by atoms with Crippen molar-refractivity contribution in [3.8, 4) is 22.8 Å². The van der Waals surface area contributed by atoms with Crippen LogP contribution in [-0.2, 0) is 13.5 Å². The molecule has 0 spiro atoms. The van der Waals surface area contributed by atoms with Gasteiger partial charge in [-0.25, -0.2) is 14.6 Å². The predicted octanol–water partition coefficient (Wildman–Crippen LogP) is 4.28. The molecule has 0 amide bonds. The van der Waals surface area contributed by atoms with Gasteiger partial charge in [0.05, 0.1) is 47.6 Å². The third-order valence-corrected chi connectivity index (χ3v) is 5.62. The van der Waals surface area contributed by atoms with E-state index in [1.807, 2.05) is 53.9 Å². The lowest BCUT2D eigenvalue weighted by Crippen LogP contribution is -2.06. The van der Waals surface area contributed by atoms with Crippen molar-refractivity contribution < 1.29 is 4.74 Å². The van der Waals surface area contributed by atoms with Crippen LogP contribution in [0.1, 0.15) is 25.2 Å². The van der Waals surface area contributed by atoms with Crippen LogP contribution in [0.2, 0.25) is 0 Å². The fourth-order valence-electron chi connectivity index (χ4n) is 4.07. The van der Waals surface area contributed by atoms with Crippen molar-refractivity contribution in [2.75, 3.05) is 7.11 Å². The van der Waals surface area contributed by atoms with Crippen LogP contribution >= 0.6 is 0 Å². The molecular weight excluding hydrogens is 402 g/mol. The van der Waals surface area contributed by atoms with Crippen molar-refractivity contribution in [1.82, 2.24) is 34.3 Å². The molecule has 5 aromatic heterocycles. The summed E-state index contributed by atoms with van der Waals surface area (Å²) < 4.78 is 9.43. The number of ether oxygens (including phenoxy) is 1. The maximum Gasteiger partial charge on any atom is 0.156 e. The number of hydrogen-bond acceptors (Lipinski definition) is 6. The molecule has 0 aromatic carbocycles. The summed E-state index contributed by atoms with van der Waals surface area (Å²) in [4.78, 5) is 18.6. The third-order valence-electron chi connectivity index (χ3n) is 5.62. The fourth-order valence-corrected chi connectivity index (χ4v) is 4.07. The number of rotatable bonds is 5. The molecule has 5 rings (SSSR count). The van der Waals surface area contributed by atoms with E-state index >= 15 is 0 Å². The molecule has 0 atom stereocenters. The van der Waals surface area contributed by atoms with Gasteiger partial charge in [-0.2, -0.15) is 5.10 Å². The SMILES string of the molecule is COc1ccncc1-c1cc2c(cnn2-c2cc3c(ncn3C)c(CC(C)C)n2)c(C)n1. The number of imidazole rings is 1. The summed E-state index contributed by atoms with van der Waals surface area (Å²) in [6.45, 7) is 6.37. The van der Waals surface area contributed by atoms with Crippen LogP contribution in [0.5, 0.6) is 5.75 Å². The molecule has 0 unspecified atom stereocenters. The standard InChI is InChI=1S/C24H25N7O/c1-14(2)8-19-24-21(30(4)13-26-24)10-23(29-19)31-20-9-18(28-15(3)16(20)12-27-31)17-11-25-7-6-22(17)32-5/h6-7,9-14H,8H2,1-5H3. The Morgan fingerprint density at radius 2 is 1.94 bits per heavy atom. The second kappa shape index (κ2) is 7.71. The summed E-state index contributed by atoms with van der Waals surface area (Å²) in [6.07, 6.45) is 8.01. The highest BCUT2D eigenvalue weighted by molar-refractivity contribution is 5.87. The highest BCUT2D eigenvalue weighted by Gasteiger charge is 2.17. The molecule has 0 saturated heterocycles. The molecule has 5 aromatic rings. The van der Waals surface area contributed by atoms with Crippen LogP contribution in [-0.4, -0.2) is 41.4 Å². The van der Waals surface area contributed by atoms with Gasteiger partial charge in [-0.15, -0.1) is 0 Å². The average Bonchev–Trinajstić information content (AvgIpc) is 3.37. The fraction of sp³-hybridized carbons (Fsp3) is 0.292. The van der Waals surface area contributed by atoms with Gasteiger partial charge in [-0.3, -0.25) is 9.97 Å². The zero-order valence-corrected chi connectivity index (χ0v) is 18.9. The zero-order valence-electron chi connectivity index (χ0n) is 18.9. The van der Waals surface area contributed by atoms with Crippen molar-refractivity contribution in [3.63, 3.8) is 0 Å². The maximum absolute atomic E-state index is 5.53. The van der Waals surface area contributed by atoms with E-state index in [1.54, 1.807) is 19.5 Å². The number of pyridine rings is 3. The molecule has 0 bridgehead atoms. The highest BCUT2D eigenvalue weighted by atomic mass is 16.5. The molecular formula is C24H25N7O. The number of aryl methyl sites for hydroxylation is 2. The van der Waals surface area contributed by atoms with Crippen molar-refractivity contribution >= 4 is 21.9 Å². The van der Waals surface area contributed by atoms with E-state index < -0.39 is 0 Å². The minimum atomic E-state index is 0.466. The van der Waals surface area contributed by atoms with Gasteiger partial charge >= 0.3 is 0 Å². The summed E-state index contributed by atoms with van der Waals surface area (Å²) in [7, 11) is 3.65. The van der Waals surface area contributed by atoms with Gasteiger partial charge in [0.15, 0.2) is 5.82 Å². The Labute approximate surface area is 185 Å². The van der Waals surface area contributed by atoms with Crippen LogP contribution in [0.25, 0.3) is 39.0 Å². The highest BCUT2D eigenvalue weighted by Crippen LogP contribution is 2.31. The summed E-state index contributed by atoms with van der Waals surface area (Å²) in [6, 6.07) is 5.90. The van der Waals surface area contributed by atoms with E-state index in [9.17, 15) is 0 Å². The lowest BCUT2D eigenvalue weighted by Gasteiger charge is -2.11. The van der Waals surface area contributed by atoms with E-state index in [0.29, 0.717) is 5.92 Å². The molecule has 0 fully saturated rings. The monoisotopic (exact) mass is 427 g/mol. The second-order valence-electron chi connectivity index (χ2n) is 8.41. The van der Waals surface area contributed by atoms with Crippen LogP contribution in [0.15, 0.2) is 43.1 Å². The molecule has 5 heterocycles. The van der Waals surface area contributed by atoms with Gasteiger partial charge in [-0.1, -0.05) is 13.8 Å². The number of fused-ring (bicyclic) bond motifs is 2. The number of methoxy groups -OCH3 is 1. The van der Waals surface area contributed by atoms with E-state index in [4.69, 9.17) is 14.7 Å². The summed E-state index contributed by atoms with van der Waals surface area (Å²) in [5.41, 5.74) is 6.40. The first kappa shape index (κ1) is 20.1. The molecule has 8 heteroatoms. The molecule has 0 aliphatic heterocycles. The van der Waals surface area contributed by atoms with Gasteiger partial charge in [0, 0.05) is 36.6 Å². The van der Waals surface area contributed by atoms with E-state index in [1.165, 1.54) is 0 Å². The Hall–Kier alpha value is -3.81. The molecule has 0 N–H and O–H groups in total. The first-order chi connectivity index (χ1) is 15.5. The Kier molecular flexibility index (Phi) is 4.84.